The third kappa shape index (κ3) is 4.02. The fourth-order valence-corrected chi connectivity index (χ4v) is 4.05. The summed E-state index contributed by atoms with van der Waals surface area (Å²) in [6, 6.07) is 12.7. The molecule has 0 spiro atoms. The predicted octanol–water partition coefficient (Wildman–Crippen LogP) is 5.02. The zero-order valence-electron chi connectivity index (χ0n) is 18.1. The van der Waals surface area contributed by atoms with Gasteiger partial charge in [-0.15, -0.1) is 0 Å². The zero-order chi connectivity index (χ0) is 23.9. The molecule has 2 heterocycles. The van der Waals surface area contributed by atoms with Gasteiger partial charge < -0.3 is 9.88 Å². The number of amides is 1. The lowest BCUT2D eigenvalue weighted by molar-refractivity contribution is -0.137. The Hall–Kier alpha value is -3.88. The minimum atomic E-state index is -4.51. The molecule has 170 valence electrons. The molecule has 0 saturated carbocycles. The van der Waals surface area contributed by atoms with E-state index >= 15 is 0 Å². The van der Waals surface area contributed by atoms with Gasteiger partial charge in [0.1, 0.15) is 6.04 Å². The Morgan fingerprint density at radius 3 is 2.39 bits per heavy atom. The molecule has 1 atom stereocenters. The zero-order valence-corrected chi connectivity index (χ0v) is 18.1. The highest BCUT2D eigenvalue weighted by Crippen LogP contribution is 2.31. The number of fused-ring (bicyclic) bond motifs is 1. The number of nitrogens with zero attached hydrogens (tertiary/aromatic N) is 3. The van der Waals surface area contributed by atoms with Crippen molar-refractivity contribution < 1.29 is 18.0 Å². The quantitative estimate of drug-likeness (QED) is 0.471. The Morgan fingerprint density at radius 2 is 1.73 bits per heavy atom. The molecule has 4 aromatic rings. The van der Waals surface area contributed by atoms with Gasteiger partial charge in [-0.05, 0) is 51.1 Å². The van der Waals surface area contributed by atoms with Crippen LogP contribution in [0.2, 0.25) is 0 Å². The second-order valence-electron chi connectivity index (χ2n) is 7.77. The first kappa shape index (κ1) is 22.3. The van der Waals surface area contributed by atoms with Crippen molar-refractivity contribution in [1.82, 2.24) is 14.3 Å². The number of aryl methyl sites for hydroxylation is 2. The summed E-state index contributed by atoms with van der Waals surface area (Å²) >= 11 is 0. The van der Waals surface area contributed by atoms with Crippen molar-refractivity contribution in [3.8, 4) is 5.69 Å². The van der Waals surface area contributed by atoms with Gasteiger partial charge in [-0.2, -0.15) is 23.0 Å². The van der Waals surface area contributed by atoms with Gasteiger partial charge in [0, 0.05) is 22.5 Å². The van der Waals surface area contributed by atoms with Gasteiger partial charge in [0.05, 0.1) is 22.8 Å². The second kappa shape index (κ2) is 8.23. The number of benzene rings is 2. The molecule has 4 rings (SSSR count). The Morgan fingerprint density at radius 1 is 1.03 bits per heavy atom. The van der Waals surface area contributed by atoms with Crippen molar-refractivity contribution >= 4 is 22.4 Å². The van der Waals surface area contributed by atoms with Gasteiger partial charge in [-0.3, -0.25) is 9.59 Å². The molecule has 6 nitrogen and oxygen atoms in total. The second-order valence-corrected chi connectivity index (χ2v) is 7.77. The van der Waals surface area contributed by atoms with Crippen LogP contribution in [0.4, 0.5) is 18.9 Å². The summed E-state index contributed by atoms with van der Waals surface area (Å²) in [5.74, 6) is -0.503. The first-order valence-corrected chi connectivity index (χ1v) is 10.2. The average Bonchev–Trinajstić information content (AvgIpc) is 3.04. The van der Waals surface area contributed by atoms with E-state index in [0.717, 1.165) is 12.1 Å². The molecule has 0 radical (unpaired) electrons. The van der Waals surface area contributed by atoms with Crippen LogP contribution in [0.25, 0.3) is 16.5 Å². The summed E-state index contributed by atoms with van der Waals surface area (Å²) in [6.45, 7) is 5.14. The van der Waals surface area contributed by atoms with Crippen LogP contribution < -0.4 is 10.9 Å². The molecule has 1 unspecified atom stereocenters. The number of rotatable bonds is 4. The fourth-order valence-electron chi connectivity index (χ4n) is 4.05. The van der Waals surface area contributed by atoms with Crippen molar-refractivity contribution in [3.05, 3.63) is 88.1 Å². The molecule has 33 heavy (non-hydrogen) atoms. The van der Waals surface area contributed by atoms with Gasteiger partial charge in [0.25, 0.3) is 5.56 Å². The van der Waals surface area contributed by atoms with E-state index in [-0.39, 0.29) is 11.2 Å². The number of carbonyl (C=O) groups excluding carboxylic acids is 1. The first-order valence-electron chi connectivity index (χ1n) is 10.2. The maximum Gasteiger partial charge on any atom is 0.416 e. The Bertz CT molecular complexity index is 1410. The van der Waals surface area contributed by atoms with Gasteiger partial charge in [-0.1, -0.05) is 24.3 Å². The Balaban J connectivity index is 1.72. The van der Waals surface area contributed by atoms with E-state index in [1.165, 1.54) is 16.8 Å². The third-order valence-corrected chi connectivity index (χ3v) is 5.68. The topological polar surface area (TPSA) is 68.9 Å². The molecule has 2 aromatic carbocycles. The molecular formula is C24H21F3N4O2. The minimum Gasteiger partial charge on any atom is -0.336 e. The summed E-state index contributed by atoms with van der Waals surface area (Å²) in [4.78, 5) is 26.1. The molecule has 0 aliphatic heterocycles. The molecule has 1 amide bonds. The van der Waals surface area contributed by atoms with Crippen molar-refractivity contribution in [3.63, 3.8) is 0 Å². The fraction of sp³-hybridized carbons (Fsp3) is 0.208. The van der Waals surface area contributed by atoms with Crippen LogP contribution in [-0.2, 0) is 11.0 Å². The van der Waals surface area contributed by atoms with Crippen LogP contribution in [0.1, 0.15) is 29.9 Å². The molecule has 0 fully saturated rings. The van der Waals surface area contributed by atoms with Crippen LogP contribution in [0, 0.1) is 13.8 Å². The number of carbonyl (C=O) groups is 1. The lowest BCUT2D eigenvalue weighted by atomic mass is 10.2. The van der Waals surface area contributed by atoms with E-state index in [0.29, 0.717) is 27.8 Å². The number of hydrogen-bond acceptors (Lipinski definition) is 3. The summed E-state index contributed by atoms with van der Waals surface area (Å²) in [5, 5.41) is 7.87. The highest BCUT2D eigenvalue weighted by molar-refractivity contribution is 5.95. The monoisotopic (exact) mass is 454 g/mol. The van der Waals surface area contributed by atoms with Gasteiger partial charge in [0.2, 0.25) is 5.91 Å². The summed E-state index contributed by atoms with van der Waals surface area (Å²) in [6.07, 6.45) is -2.93. The van der Waals surface area contributed by atoms with E-state index in [1.54, 1.807) is 55.8 Å². The van der Waals surface area contributed by atoms with E-state index in [2.05, 4.69) is 10.4 Å². The van der Waals surface area contributed by atoms with Crippen LogP contribution >= 0.6 is 0 Å². The Labute approximate surface area is 187 Å². The van der Waals surface area contributed by atoms with Gasteiger partial charge in [0.15, 0.2) is 0 Å². The van der Waals surface area contributed by atoms with Gasteiger partial charge >= 0.3 is 6.18 Å². The van der Waals surface area contributed by atoms with Crippen molar-refractivity contribution in [2.75, 3.05) is 5.32 Å². The molecule has 1 N–H and O–H groups in total. The number of aromatic nitrogens is 3. The van der Waals surface area contributed by atoms with Crippen LogP contribution in [-0.4, -0.2) is 20.3 Å². The average molecular weight is 454 g/mol. The number of alkyl halides is 3. The number of anilines is 1. The number of nitrogens with one attached hydrogen (secondary N) is 1. The summed E-state index contributed by atoms with van der Waals surface area (Å²) < 4.78 is 42.0. The van der Waals surface area contributed by atoms with Gasteiger partial charge in [-0.25, -0.2) is 0 Å². The normalized spacial score (nSPS) is 12.7. The van der Waals surface area contributed by atoms with Crippen LogP contribution in [0.15, 0.2) is 65.6 Å². The maximum atomic E-state index is 13.2. The van der Waals surface area contributed by atoms with E-state index in [4.69, 9.17) is 0 Å². The van der Waals surface area contributed by atoms with Crippen molar-refractivity contribution in [2.24, 2.45) is 0 Å². The van der Waals surface area contributed by atoms with Crippen molar-refractivity contribution in [2.45, 2.75) is 33.0 Å². The lowest BCUT2D eigenvalue weighted by Gasteiger charge is -2.18. The molecule has 2 aromatic heterocycles. The lowest BCUT2D eigenvalue weighted by Crippen LogP contribution is -2.25. The smallest absolute Gasteiger partial charge is 0.336 e. The molecule has 0 aliphatic carbocycles. The summed E-state index contributed by atoms with van der Waals surface area (Å²) in [5.41, 5.74) is 0.736. The predicted molar refractivity (Wildman–Crippen MR) is 120 cm³/mol. The molecule has 0 aliphatic rings. The largest absolute Gasteiger partial charge is 0.416 e. The van der Waals surface area contributed by atoms with Crippen LogP contribution in [0.3, 0.4) is 0 Å². The number of para-hydroxylation sites is 1. The molecule has 0 saturated heterocycles. The SMILES string of the molecule is Cc1c2cnn(-c3ccccc3)c(=O)c2c(C)n1C(C)C(=O)Nc1cccc(C(F)(F)F)c1. The van der Waals surface area contributed by atoms with Crippen molar-refractivity contribution in [1.29, 1.82) is 0 Å². The number of hydrogen-bond donors (Lipinski definition) is 1. The third-order valence-electron chi connectivity index (χ3n) is 5.68. The standard InChI is InChI=1S/C24H21F3N4O2/c1-14-20-13-28-31(19-10-5-4-6-11-19)23(33)21(20)15(2)30(14)16(3)22(32)29-18-9-7-8-17(12-18)24(25,26)27/h4-13,16H,1-3H3,(H,29,32). The van der Waals surface area contributed by atoms with E-state index < -0.39 is 23.7 Å². The minimum absolute atomic E-state index is 0.0433. The molecule has 9 heteroatoms. The van der Waals surface area contributed by atoms with E-state index in [9.17, 15) is 22.8 Å². The van der Waals surface area contributed by atoms with Crippen LogP contribution in [0.5, 0.6) is 0 Å². The maximum absolute atomic E-state index is 13.2. The first-order chi connectivity index (χ1) is 15.6. The summed E-state index contributed by atoms with van der Waals surface area (Å²) in [7, 11) is 0. The molecular weight excluding hydrogens is 433 g/mol. The number of halogens is 3. The highest BCUT2D eigenvalue weighted by atomic mass is 19.4. The molecule has 0 bridgehead atoms. The van der Waals surface area contributed by atoms with E-state index in [1.807, 2.05) is 6.07 Å². The Kier molecular flexibility index (Phi) is 5.57. The highest BCUT2D eigenvalue weighted by Gasteiger charge is 2.31.